The Morgan fingerprint density at radius 1 is 1.12 bits per heavy atom. The van der Waals surface area contributed by atoms with Crippen molar-refractivity contribution in [1.82, 2.24) is 29.9 Å². The van der Waals surface area contributed by atoms with Gasteiger partial charge in [-0.3, -0.25) is 9.82 Å². The summed E-state index contributed by atoms with van der Waals surface area (Å²) < 4.78 is 9.05. The second-order valence-corrected chi connectivity index (χ2v) is 9.29. The second kappa shape index (κ2) is 11.3. The number of ether oxygens (including phenoxy) is 1. The maximum Gasteiger partial charge on any atom is 0.228 e. The molecule has 1 fully saturated rings. The van der Waals surface area contributed by atoms with Crippen molar-refractivity contribution in [2.45, 2.75) is 63.1 Å². The molecule has 3 unspecified atom stereocenters. The fourth-order valence-corrected chi connectivity index (χ4v) is 4.88. The molecule has 0 aliphatic heterocycles. The number of aromatic nitrogens is 5. The lowest BCUT2D eigenvalue weighted by molar-refractivity contribution is 0.397. The molecule has 33 heavy (non-hydrogen) atoms. The van der Waals surface area contributed by atoms with Crippen LogP contribution in [0.1, 0.15) is 44.7 Å². The van der Waals surface area contributed by atoms with E-state index in [1.54, 1.807) is 25.1 Å². The SMILES string of the molecule is CCC1CCC(NSc2ccccn2)CC(Nc2nc(Nc3cc(C)[nH]n3)cc(OC)n2)C1. The van der Waals surface area contributed by atoms with Crippen LogP contribution >= 0.6 is 11.9 Å². The Kier molecular flexibility index (Phi) is 8.01. The van der Waals surface area contributed by atoms with Gasteiger partial charge in [0.15, 0.2) is 5.82 Å². The Labute approximate surface area is 199 Å². The van der Waals surface area contributed by atoms with E-state index in [1.807, 2.05) is 37.4 Å². The van der Waals surface area contributed by atoms with Gasteiger partial charge in [0.2, 0.25) is 11.8 Å². The summed E-state index contributed by atoms with van der Waals surface area (Å²) in [6, 6.07) is 10.3. The highest BCUT2D eigenvalue weighted by atomic mass is 32.2. The highest BCUT2D eigenvalue weighted by Crippen LogP contribution is 2.30. The van der Waals surface area contributed by atoms with E-state index in [-0.39, 0.29) is 6.04 Å². The number of H-pyrrole nitrogens is 1. The largest absolute Gasteiger partial charge is 0.481 e. The molecular weight excluding hydrogens is 436 g/mol. The molecular formula is C23H32N8OS. The van der Waals surface area contributed by atoms with Crippen molar-refractivity contribution >= 4 is 29.5 Å². The van der Waals surface area contributed by atoms with Crippen molar-refractivity contribution in [3.05, 3.63) is 42.2 Å². The molecule has 1 aliphatic carbocycles. The van der Waals surface area contributed by atoms with E-state index in [9.17, 15) is 0 Å². The number of methoxy groups -OCH3 is 1. The molecule has 9 nitrogen and oxygen atoms in total. The van der Waals surface area contributed by atoms with Gasteiger partial charge in [-0.2, -0.15) is 15.1 Å². The molecule has 3 atom stereocenters. The van der Waals surface area contributed by atoms with Crippen molar-refractivity contribution in [3.63, 3.8) is 0 Å². The van der Waals surface area contributed by atoms with Crippen molar-refractivity contribution in [2.75, 3.05) is 17.7 Å². The van der Waals surface area contributed by atoms with E-state index in [4.69, 9.17) is 4.74 Å². The molecule has 0 saturated heterocycles. The first kappa shape index (κ1) is 23.3. The summed E-state index contributed by atoms with van der Waals surface area (Å²) >= 11 is 1.61. The average Bonchev–Trinajstić information content (AvgIpc) is 3.13. The summed E-state index contributed by atoms with van der Waals surface area (Å²) in [5.41, 5.74) is 0.975. The molecule has 0 radical (unpaired) electrons. The summed E-state index contributed by atoms with van der Waals surface area (Å²) in [7, 11) is 1.61. The van der Waals surface area contributed by atoms with Gasteiger partial charge in [-0.15, -0.1) is 0 Å². The van der Waals surface area contributed by atoms with E-state index in [0.29, 0.717) is 35.4 Å². The first-order valence-corrected chi connectivity index (χ1v) is 12.2. The smallest absolute Gasteiger partial charge is 0.228 e. The molecule has 0 amide bonds. The Bertz CT molecular complexity index is 1010. The number of nitrogens with zero attached hydrogens (tertiary/aromatic N) is 4. The molecule has 0 aromatic carbocycles. The fraction of sp³-hybridized carbons (Fsp3) is 0.478. The Balaban J connectivity index is 1.45. The summed E-state index contributed by atoms with van der Waals surface area (Å²) in [6.45, 7) is 4.23. The Morgan fingerprint density at radius 2 is 2.03 bits per heavy atom. The van der Waals surface area contributed by atoms with Crippen LogP contribution in [0.15, 0.2) is 41.6 Å². The molecule has 3 aromatic rings. The number of nitrogens with one attached hydrogen (secondary N) is 4. The van der Waals surface area contributed by atoms with E-state index in [1.165, 1.54) is 12.8 Å². The molecule has 3 aromatic heterocycles. The topological polar surface area (TPSA) is 113 Å². The van der Waals surface area contributed by atoms with Gasteiger partial charge in [-0.05, 0) is 62.6 Å². The van der Waals surface area contributed by atoms with Gasteiger partial charge in [0, 0.05) is 36.1 Å². The van der Waals surface area contributed by atoms with E-state index in [0.717, 1.165) is 30.0 Å². The fourth-order valence-electron chi connectivity index (χ4n) is 4.12. The maximum absolute atomic E-state index is 5.42. The zero-order valence-corrected chi connectivity index (χ0v) is 20.2. The third-order valence-corrected chi connectivity index (χ3v) is 6.76. The summed E-state index contributed by atoms with van der Waals surface area (Å²) in [6.07, 6.45) is 7.41. The van der Waals surface area contributed by atoms with Crippen molar-refractivity contribution in [1.29, 1.82) is 0 Å². The Hall–Kier alpha value is -2.85. The summed E-state index contributed by atoms with van der Waals surface area (Å²) in [5, 5.41) is 14.9. The number of aromatic amines is 1. The van der Waals surface area contributed by atoms with Gasteiger partial charge in [0.25, 0.3) is 0 Å². The van der Waals surface area contributed by atoms with E-state index >= 15 is 0 Å². The van der Waals surface area contributed by atoms with Crippen LogP contribution in [0.5, 0.6) is 5.88 Å². The number of hydrogen-bond acceptors (Lipinski definition) is 9. The molecule has 1 saturated carbocycles. The second-order valence-electron chi connectivity index (χ2n) is 8.43. The predicted octanol–water partition coefficient (Wildman–Crippen LogP) is 4.70. The number of hydrogen-bond donors (Lipinski definition) is 4. The maximum atomic E-state index is 5.42. The third-order valence-electron chi connectivity index (χ3n) is 5.86. The lowest BCUT2D eigenvalue weighted by Crippen LogP contribution is -2.31. The normalized spacial score (nSPS) is 20.8. The zero-order valence-electron chi connectivity index (χ0n) is 19.3. The summed E-state index contributed by atoms with van der Waals surface area (Å²) in [4.78, 5) is 13.6. The van der Waals surface area contributed by atoms with Gasteiger partial charge in [-0.1, -0.05) is 19.4 Å². The Morgan fingerprint density at radius 3 is 2.76 bits per heavy atom. The van der Waals surface area contributed by atoms with E-state index in [2.05, 4.69) is 47.4 Å². The third kappa shape index (κ3) is 6.82. The van der Waals surface area contributed by atoms with Gasteiger partial charge >= 0.3 is 0 Å². The molecule has 0 bridgehead atoms. The van der Waals surface area contributed by atoms with Crippen LogP contribution in [0.2, 0.25) is 0 Å². The van der Waals surface area contributed by atoms with Crippen molar-refractivity contribution in [2.24, 2.45) is 5.92 Å². The number of anilines is 3. The van der Waals surface area contributed by atoms with Crippen molar-refractivity contribution < 1.29 is 4.74 Å². The van der Waals surface area contributed by atoms with Crippen LogP contribution < -0.4 is 20.1 Å². The van der Waals surface area contributed by atoms with Crippen LogP contribution in [-0.2, 0) is 0 Å². The van der Waals surface area contributed by atoms with Crippen LogP contribution in [0.25, 0.3) is 0 Å². The van der Waals surface area contributed by atoms with Gasteiger partial charge in [0.1, 0.15) is 10.8 Å². The molecule has 4 N–H and O–H groups in total. The molecule has 176 valence electrons. The number of pyridine rings is 1. The number of rotatable bonds is 9. The minimum Gasteiger partial charge on any atom is -0.481 e. The molecule has 3 heterocycles. The zero-order chi connectivity index (χ0) is 23.0. The first-order chi connectivity index (χ1) is 16.1. The quantitative estimate of drug-likeness (QED) is 0.262. The van der Waals surface area contributed by atoms with Crippen LogP contribution in [0.3, 0.4) is 0 Å². The lowest BCUT2D eigenvalue weighted by Gasteiger charge is -2.23. The minimum atomic E-state index is 0.256. The standard InChI is InChI=1S/C23H32N8OS/c1-4-16-8-9-17(31-33-22-7-5-6-10-24-22)13-18(12-16)25-23-27-19(14-21(28-23)32-3)26-20-11-15(2)29-30-20/h5-7,10-11,14,16-18,31H,4,8-9,12-13H2,1-3H3,(H3,25,26,27,28,29,30). The van der Waals surface area contributed by atoms with Crippen LogP contribution in [0.4, 0.5) is 17.6 Å². The van der Waals surface area contributed by atoms with Gasteiger partial charge in [-0.25, -0.2) is 4.98 Å². The molecule has 4 rings (SSSR count). The minimum absolute atomic E-state index is 0.256. The van der Waals surface area contributed by atoms with Gasteiger partial charge < -0.3 is 15.4 Å². The highest BCUT2D eigenvalue weighted by Gasteiger charge is 2.26. The molecule has 0 spiro atoms. The van der Waals surface area contributed by atoms with Crippen molar-refractivity contribution in [3.8, 4) is 5.88 Å². The van der Waals surface area contributed by atoms with E-state index < -0.39 is 0 Å². The first-order valence-electron chi connectivity index (χ1n) is 11.4. The van der Waals surface area contributed by atoms with Gasteiger partial charge in [0.05, 0.1) is 7.11 Å². The van der Waals surface area contributed by atoms with Crippen LogP contribution in [-0.4, -0.2) is 44.3 Å². The highest BCUT2D eigenvalue weighted by molar-refractivity contribution is 7.97. The number of aryl methyl sites for hydroxylation is 1. The predicted molar refractivity (Wildman–Crippen MR) is 132 cm³/mol. The summed E-state index contributed by atoms with van der Waals surface area (Å²) in [5.74, 6) is 3.07. The average molecular weight is 469 g/mol. The monoisotopic (exact) mass is 468 g/mol. The molecule has 10 heteroatoms. The van der Waals surface area contributed by atoms with Crippen LogP contribution in [0, 0.1) is 12.8 Å². The lowest BCUT2D eigenvalue weighted by atomic mass is 9.96. The molecule has 1 aliphatic rings.